The molecule has 2 aromatic heterocycles. The van der Waals surface area contributed by atoms with Crippen LogP contribution in [0.4, 0.5) is 4.39 Å². The smallest absolute Gasteiger partial charge is 0.338 e. The molecule has 2 heterocycles. The van der Waals surface area contributed by atoms with E-state index in [1.807, 2.05) is 0 Å². The van der Waals surface area contributed by atoms with Gasteiger partial charge in [0.1, 0.15) is 11.5 Å². The minimum atomic E-state index is -0.414. The number of aromatic nitrogens is 2. The first-order chi connectivity index (χ1) is 9.67. The first-order valence-electron chi connectivity index (χ1n) is 6.00. The van der Waals surface area contributed by atoms with E-state index in [2.05, 4.69) is 9.72 Å². The van der Waals surface area contributed by atoms with Crippen molar-refractivity contribution in [2.24, 2.45) is 0 Å². The maximum Gasteiger partial charge on any atom is 0.338 e. The van der Waals surface area contributed by atoms with Gasteiger partial charge in [0.05, 0.1) is 18.4 Å². The van der Waals surface area contributed by atoms with Gasteiger partial charge in [-0.05, 0) is 24.3 Å². The molecule has 0 bridgehead atoms. The molecule has 0 fully saturated rings. The summed E-state index contributed by atoms with van der Waals surface area (Å²) < 4.78 is 19.7. The number of methoxy groups -OCH3 is 1. The molecule has 3 aromatic rings. The minimum absolute atomic E-state index is 0.310. The number of benzene rings is 1. The van der Waals surface area contributed by atoms with Crippen molar-refractivity contribution < 1.29 is 13.9 Å². The summed E-state index contributed by atoms with van der Waals surface area (Å²) in [5.41, 5.74) is 2.36. The van der Waals surface area contributed by atoms with E-state index in [4.69, 9.17) is 0 Å². The number of halogens is 1. The van der Waals surface area contributed by atoms with Crippen molar-refractivity contribution in [3.05, 3.63) is 60.2 Å². The number of hydrogen-bond donors (Lipinski definition) is 0. The van der Waals surface area contributed by atoms with Crippen LogP contribution >= 0.6 is 0 Å². The predicted molar refractivity (Wildman–Crippen MR) is 71.9 cm³/mol. The monoisotopic (exact) mass is 270 g/mol. The first kappa shape index (κ1) is 12.3. The number of carbonyl (C=O) groups is 1. The number of pyridine rings is 1. The summed E-state index contributed by atoms with van der Waals surface area (Å²) in [6, 6.07) is 9.50. The standard InChI is InChI=1S/C15H11FN2O2/c1-20-15(19)11-5-6-18-9-13(17-14(18)8-11)10-3-2-4-12(16)7-10/h2-9H,1H3. The minimum Gasteiger partial charge on any atom is -0.465 e. The third-order valence-electron chi connectivity index (χ3n) is 3.00. The van der Waals surface area contributed by atoms with E-state index in [1.165, 1.54) is 19.2 Å². The van der Waals surface area contributed by atoms with Crippen LogP contribution in [0.25, 0.3) is 16.9 Å². The zero-order chi connectivity index (χ0) is 14.1. The van der Waals surface area contributed by atoms with Gasteiger partial charge in [0.25, 0.3) is 0 Å². The largest absolute Gasteiger partial charge is 0.465 e. The highest BCUT2D eigenvalue weighted by molar-refractivity contribution is 5.90. The Morgan fingerprint density at radius 2 is 2.15 bits per heavy atom. The van der Waals surface area contributed by atoms with E-state index in [-0.39, 0.29) is 5.82 Å². The lowest BCUT2D eigenvalue weighted by Gasteiger charge is -1.98. The van der Waals surface area contributed by atoms with Gasteiger partial charge in [0.2, 0.25) is 0 Å². The third-order valence-corrected chi connectivity index (χ3v) is 3.00. The van der Waals surface area contributed by atoms with Gasteiger partial charge >= 0.3 is 5.97 Å². The molecule has 0 atom stereocenters. The molecule has 0 N–H and O–H groups in total. The Morgan fingerprint density at radius 3 is 2.90 bits per heavy atom. The first-order valence-corrected chi connectivity index (χ1v) is 6.00. The number of rotatable bonds is 2. The summed E-state index contributed by atoms with van der Waals surface area (Å²) in [7, 11) is 1.33. The zero-order valence-corrected chi connectivity index (χ0v) is 10.7. The molecular weight excluding hydrogens is 259 g/mol. The van der Waals surface area contributed by atoms with Crippen LogP contribution in [0.3, 0.4) is 0 Å². The average molecular weight is 270 g/mol. The van der Waals surface area contributed by atoms with Crippen molar-refractivity contribution in [2.75, 3.05) is 7.11 Å². The Bertz CT molecular complexity index is 795. The lowest BCUT2D eigenvalue weighted by atomic mass is 10.2. The molecule has 0 amide bonds. The molecule has 0 spiro atoms. The quantitative estimate of drug-likeness (QED) is 0.672. The lowest BCUT2D eigenvalue weighted by molar-refractivity contribution is 0.0600. The van der Waals surface area contributed by atoms with Gasteiger partial charge in [-0.1, -0.05) is 12.1 Å². The third kappa shape index (κ3) is 2.14. The van der Waals surface area contributed by atoms with E-state index in [0.29, 0.717) is 22.5 Å². The number of ether oxygens (including phenoxy) is 1. The molecule has 1 aromatic carbocycles. The van der Waals surface area contributed by atoms with Crippen molar-refractivity contribution in [2.45, 2.75) is 0 Å². The van der Waals surface area contributed by atoms with Gasteiger partial charge < -0.3 is 9.14 Å². The number of esters is 1. The molecule has 4 nitrogen and oxygen atoms in total. The second-order valence-electron chi connectivity index (χ2n) is 4.31. The van der Waals surface area contributed by atoms with E-state index >= 15 is 0 Å². The molecule has 0 saturated heterocycles. The van der Waals surface area contributed by atoms with Crippen molar-refractivity contribution >= 4 is 11.6 Å². The summed E-state index contributed by atoms with van der Waals surface area (Å²) in [6.07, 6.45) is 3.50. The molecular formula is C15H11FN2O2. The fraction of sp³-hybridized carbons (Fsp3) is 0.0667. The van der Waals surface area contributed by atoms with Crippen molar-refractivity contribution in [1.82, 2.24) is 9.38 Å². The number of hydrogen-bond acceptors (Lipinski definition) is 3. The van der Waals surface area contributed by atoms with Gasteiger partial charge in [0, 0.05) is 18.0 Å². The van der Waals surface area contributed by atoms with E-state index < -0.39 is 5.97 Å². The summed E-state index contributed by atoms with van der Waals surface area (Å²) in [5.74, 6) is -0.724. The highest BCUT2D eigenvalue weighted by atomic mass is 19.1. The van der Waals surface area contributed by atoms with Crippen LogP contribution in [0, 0.1) is 5.82 Å². The van der Waals surface area contributed by atoms with Crippen molar-refractivity contribution in [3.63, 3.8) is 0 Å². The molecule has 20 heavy (non-hydrogen) atoms. The highest BCUT2D eigenvalue weighted by Gasteiger charge is 2.09. The highest BCUT2D eigenvalue weighted by Crippen LogP contribution is 2.20. The number of carbonyl (C=O) groups excluding carboxylic acids is 1. The Morgan fingerprint density at radius 1 is 1.30 bits per heavy atom. The van der Waals surface area contributed by atoms with E-state index in [0.717, 1.165) is 0 Å². The molecule has 0 unspecified atom stereocenters. The van der Waals surface area contributed by atoms with Crippen LogP contribution in [-0.4, -0.2) is 22.5 Å². The molecule has 0 aliphatic heterocycles. The maximum absolute atomic E-state index is 13.2. The Labute approximate surface area is 114 Å². The van der Waals surface area contributed by atoms with Crippen molar-refractivity contribution in [1.29, 1.82) is 0 Å². The Kier molecular flexibility index (Phi) is 2.95. The number of imidazole rings is 1. The van der Waals surface area contributed by atoms with Crippen LogP contribution in [0.15, 0.2) is 48.8 Å². The van der Waals surface area contributed by atoms with E-state index in [1.54, 1.807) is 41.1 Å². The van der Waals surface area contributed by atoms with Crippen LogP contribution in [0.1, 0.15) is 10.4 Å². The zero-order valence-electron chi connectivity index (χ0n) is 10.7. The molecule has 3 rings (SSSR count). The molecule has 0 saturated carbocycles. The van der Waals surface area contributed by atoms with Crippen LogP contribution in [-0.2, 0) is 4.74 Å². The number of nitrogens with zero attached hydrogens (tertiary/aromatic N) is 2. The number of fused-ring (bicyclic) bond motifs is 1. The van der Waals surface area contributed by atoms with Gasteiger partial charge in [-0.25, -0.2) is 14.2 Å². The Balaban J connectivity index is 2.09. The van der Waals surface area contributed by atoms with Crippen molar-refractivity contribution in [3.8, 4) is 11.3 Å². The molecule has 5 heteroatoms. The van der Waals surface area contributed by atoms with Gasteiger partial charge in [-0.15, -0.1) is 0 Å². The summed E-state index contributed by atoms with van der Waals surface area (Å²) in [4.78, 5) is 15.9. The molecule has 0 aliphatic rings. The van der Waals surface area contributed by atoms with Gasteiger partial charge in [0.15, 0.2) is 0 Å². The molecule has 0 aliphatic carbocycles. The summed E-state index contributed by atoms with van der Waals surface area (Å²) >= 11 is 0. The maximum atomic E-state index is 13.2. The topological polar surface area (TPSA) is 43.6 Å². The predicted octanol–water partition coefficient (Wildman–Crippen LogP) is 2.93. The Hall–Kier alpha value is -2.69. The normalized spacial score (nSPS) is 10.7. The van der Waals surface area contributed by atoms with E-state index in [9.17, 15) is 9.18 Å². The van der Waals surface area contributed by atoms with Crippen LogP contribution in [0.5, 0.6) is 0 Å². The SMILES string of the molecule is COC(=O)c1ccn2cc(-c3cccc(F)c3)nc2c1. The second-order valence-corrected chi connectivity index (χ2v) is 4.31. The van der Waals surface area contributed by atoms with Crippen LogP contribution < -0.4 is 0 Å². The summed E-state index contributed by atoms with van der Waals surface area (Å²) in [5, 5.41) is 0. The van der Waals surface area contributed by atoms with Crippen LogP contribution in [0.2, 0.25) is 0 Å². The molecule has 100 valence electrons. The average Bonchev–Trinajstić information content (AvgIpc) is 2.89. The summed E-state index contributed by atoms with van der Waals surface area (Å²) in [6.45, 7) is 0. The second kappa shape index (κ2) is 4.77. The molecule has 0 radical (unpaired) electrons. The van der Waals surface area contributed by atoms with Gasteiger partial charge in [-0.3, -0.25) is 0 Å². The fourth-order valence-corrected chi connectivity index (χ4v) is 2.01. The lowest BCUT2D eigenvalue weighted by Crippen LogP contribution is -2.01. The fourth-order valence-electron chi connectivity index (χ4n) is 2.01. The van der Waals surface area contributed by atoms with Gasteiger partial charge in [-0.2, -0.15) is 0 Å².